The third-order valence-electron chi connectivity index (χ3n) is 5.47. The Morgan fingerprint density at radius 1 is 1.12 bits per heavy atom. The highest BCUT2D eigenvalue weighted by molar-refractivity contribution is 5.93. The molecule has 12 heteroatoms. The standard InChI is InChI=1S/C21H24F3N7O.ClH/c1-12(13-7-14(21(22,23)24)9-15(25)8-13)27-20-16-10-18(31-5-3-26-4-6-31)19(32-2)11-17(16)28-30-29-20;/h7-12,26H,3-6,25H2,1-2H3,(H,27,28,29);1H/t12-;/m1./s1. The average molecular weight is 484 g/mol. The molecular weight excluding hydrogens is 459 g/mol. The summed E-state index contributed by atoms with van der Waals surface area (Å²) >= 11 is 0. The van der Waals surface area contributed by atoms with Gasteiger partial charge in [0, 0.05) is 43.3 Å². The number of halogens is 4. The number of alkyl halides is 3. The van der Waals surface area contributed by atoms with E-state index in [0.29, 0.717) is 28.0 Å². The van der Waals surface area contributed by atoms with Crippen LogP contribution >= 0.6 is 12.4 Å². The van der Waals surface area contributed by atoms with Crippen LogP contribution in [0, 0.1) is 0 Å². The van der Waals surface area contributed by atoms with E-state index in [9.17, 15) is 13.2 Å². The van der Waals surface area contributed by atoms with Crippen molar-refractivity contribution in [3.05, 3.63) is 41.5 Å². The average Bonchev–Trinajstić information content (AvgIpc) is 2.78. The number of aromatic nitrogens is 3. The van der Waals surface area contributed by atoms with Crippen molar-refractivity contribution in [1.82, 2.24) is 20.7 Å². The zero-order chi connectivity index (χ0) is 22.9. The minimum absolute atomic E-state index is 0. The van der Waals surface area contributed by atoms with Crippen LogP contribution in [0.3, 0.4) is 0 Å². The summed E-state index contributed by atoms with van der Waals surface area (Å²) < 4.78 is 45.2. The molecule has 3 aromatic rings. The Labute approximate surface area is 195 Å². The van der Waals surface area contributed by atoms with E-state index >= 15 is 0 Å². The van der Waals surface area contributed by atoms with Crippen molar-refractivity contribution < 1.29 is 17.9 Å². The Morgan fingerprint density at radius 2 is 1.85 bits per heavy atom. The topological polar surface area (TPSA) is 101 Å². The molecule has 1 aliphatic heterocycles. The number of rotatable bonds is 5. The minimum Gasteiger partial charge on any atom is -0.495 e. The van der Waals surface area contributed by atoms with Gasteiger partial charge in [-0.15, -0.1) is 22.6 Å². The molecule has 8 nitrogen and oxygen atoms in total. The zero-order valence-electron chi connectivity index (χ0n) is 18.1. The Bertz CT molecular complexity index is 1120. The molecule has 33 heavy (non-hydrogen) atoms. The van der Waals surface area contributed by atoms with Gasteiger partial charge in [0.05, 0.1) is 24.4 Å². The number of ether oxygens (including phenoxy) is 1. The van der Waals surface area contributed by atoms with Crippen LogP contribution in [-0.4, -0.2) is 48.7 Å². The number of hydrogen-bond acceptors (Lipinski definition) is 8. The third kappa shape index (κ3) is 5.31. The van der Waals surface area contributed by atoms with E-state index in [4.69, 9.17) is 10.5 Å². The first kappa shape index (κ1) is 24.6. The quantitative estimate of drug-likeness (QED) is 0.473. The van der Waals surface area contributed by atoms with Crippen molar-refractivity contribution in [1.29, 1.82) is 0 Å². The lowest BCUT2D eigenvalue weighted by atomic mass is 10.0. The maximum absolute atomic E-state index is 13.2. The van der Waals surface area contributed by atoms with E-state index in [1.165, 1.54) is 6.07 Å². The number of benzene rings is 2. The summed E-state index contributed by atoms with van der Waals surface area (Å²) in [7, 11) is 1.60. The van der Waals surface area contributed by atoms with Crippen LogP contribution in [0.1, 0.15) is 24.1 Å². The molecule has 0 unspecified atom stereocenters. The van der Waals surface area contributed by atoms with Gasteiger partial charge >= 0.3 is 6.18 Å². The van der Waals surface area contributed by atoms with Crippen LogP contribution in [0.2, 0.25) is 0 Å². The van der Waals surface area contributed by atoms with E-state index in [1.54, 1.807) is 20.1 Å². The molecule has 2 heterocycles. The number of fused-ring (bicyclic) bond motifs is 1. The molecule has 0 amide bonds. The van der Waals surface area contributed by atoms with Gasteiger partial charge in [-0.3, -0.25) is 0 Å². The van der Waals surface area contributed by atoms with Gasteiger partial charge in [-0.05, 0) is 42.0 Å². The second-order valence-corrected chi connectivity index (χ2v) is 7.67. The molecular formula is C21H25ClF3N7O. The molecule has 0 aliphatic carbocycles. The van der Waals surface area contributed by atoms with Gasteiger partial charge in [-0.25, -0.2) is 0 Å². The summed E-state index contributed by atoms with van der Waals surface area (Å²) in [4.78, 5) is 2.20. The Morgan fingerprint density at radius 3 is 2.52 bits per heavy atom. The van der Waals surface area contributed by atoms with E-state index in [1.807, 2.05) is 6.07 Å². The van der Waals surface area contributed by atoms with E-state index in [0.717, 1.165) is 44.0 Å². The van der Waals surface area contributed by atoms with Gasteiger partial charge in [0.2, 0.25) is 0 Å². The van der Waals surface area contributed by atoms with E-state index < -0.39 is 17.8 Å². The second kappa shape index (κ2) is 9.84. The van der Waals surface area contributed by atoms with Crippen molar-refractivity contribution >= 4 is 40.5 Å². The highest BCUT2D eigenvalue weighted by Crippen LogP contribution is 2.36. The van der Waals surface area contributed by atoms with Crippen molar-refractivity contribution in [2.45, 2.75) is 19.1 Å². The van der Waals surface area contributed by atoms with Gasteiger partial charge < -0.3 is 26.0 Å². The van der Waals surface area contributed by atoms with Crippen molar-refractivity contribution in [2.75, 3.05) is 49.2 Å². The summed E-state index contributed by atoms with van der Waals surface area (Å²) in [6.45, 7) is 5.08. The highest BCUT2D eigenvalue weighted by atomic mass is 35.5. The predicted octanol–water partition coefficient (Wildman–Crippen LogP) is 3.64. The lowest BCUT2D eigenvalue weighted by Gasteiger charge is -2.30. The Hall–Kier alpha value is -3.05. The monoisotopic (exact) mass is 483 g/mol. The van der Waals surface area contributed by atoms with Gasteiger partial charge in [-0.2, -0.15) is 13.2 Å². The normalized spacial score (nSPS) is 15.1. The number of anilines is 3. The SMILES string of the molecule is COc1cc2nnnc(N[C@H](C)c3cc(N)cc(C(F)(F)F)c3)c2cc1N1CCNCC1.Cl. The zero-order valence-corrected chi connectivity index (χ0v) is 18.9. The second-order valence-electron chi connectivity index (χ2n) is 7.67. The molecule has 2 aromatic carbocycles. The van der Waals surface area contributed by atoms with Crippen LogP contribution in [-0.2, 0) is 6.18 Å². The lowest BCUT2D eigenvalue weighted by Crippen LogP contribution is -2.43. The van der Waals surface area contributed by atoms with Gasteiger partial charge in [0.15, 0.2) is 5.82 Å². The Kier molecular flexibility index (Phi) is 7.33. The Balaban J connectivity index is 0.00000306. The maximum Gasteiger partial charge on any atom is 0.416 e. The summed E-state index contributed by atoms with van der Waals surface area (Å²) in [5.74, 6) is 1.09. The molecule has 4 N–H and O–H groups in total. The molecule has 1 aromatic heterocycles. The first-order valence-electron chi connectivity index (χ1n) is 10.2. The number of nitrogens with one attached hydrogen (secondary N) is 2. The molecule has 178 valence electrons. The van der Waals surface area contributed by atoms with Crippen molar-refractivity contribution in [3.63, 3.8) is 0 Å². The molecule has 1 saturated heterocycles. The molecule has 4 rings (SSSR count). The van der Waals surface area contributed by atoms with Crippen LogP contribution in [0.5, 0.6) is 5.75 Å². The molecule has 1 atom stereocenters. The first-order valence-corrected chi connectivity index (χ1v) is 10.2. The van der Waals surface area contributed by atoms with Crippen LogP contribution in [0.15, 0.2) is 30.3 Å². The third-order valence-corrected chi connectivity index (χ3v) is 5.47. The number of hydrogen-bond donors (Lipinski definition) is 3. The number of nitrogens with zero attached hydrogens (tertiary/aromatic N) is 4. The fraction of sp³-hybridized carbons (Fsp3) is 0.381. The fourth-order valence-corrected chi connectivity index (χ4v) is 3.80. The first-order chi connectivity index (χ1) is 15.3. The largest absolute Gasteiger partial charge is 0.495 e. The molecule has 0 saturated carbocycles. The van der Waals surface area contributed by atoms with Crippen LogP contribution < -0.4 is 26.0 Å². The van der Waals surface area contributed by atoms with Gasteiger partial charge in [0.25, 0.3) is 0 Å². The molecule has 0 bridgehead atoms. The van der Waals surface area contributed by atoms with Crippen molar-refractivity contribution in [2.24, 2.45) is 0 Å². The summed E-state index contributed by atoms with van der Waals surface area (Å²) in [5.41, 5.74) is 6.82. The summed E-state index contributed by atoms with van der Waals surface area (Å²) in [5, 5.41) is 19.2. The molecule has 1 aliphatic rings. The minimum atomic E-state index is -4.48. The fourth-order valence-electron chi connectivity index (χ4n) is 3.80. The molecule has 1 fully saturated rings. The lowest BCUT2D eigenvalue weighted by molar-refractivity contribution is -0.137. The van der Waals surface area contributed by atoms with Gasteiger partial charge in [0.1, 0.15) is 11.3 Å². The molecule has 0 radical (unpaired) electrons. The molecule has 0 spiro atoms. The number of piperazine rings is 1. The number of methoxy groups -OCH3 is 1. The highest BCUT2D eigenvalue weighted by Gasteiger charge is 2.31. The smallest absolute Gasteiger partial charge is 0.416 e. The number of nitrogens with two attached hydrogens (primary N) is 1. The summed E-state index contributed by atoms with van der Waals surface area (Å²) in [6.07, 6.45) is -4.48. The van der Waals surface area contributed by atoms with Crippen LogP contribution in [0.4, 0.5) is 30.4 Å². The van der Waals surface area contributed by atoms with Crippen LogP contribution in [0.25, 0.3) is 10.9 Å². The number of nitrogen functional groups attached to an aromatic ring is 1. The maximum atomic E-state index is 13.2. The van der Waals surface area contributed by atoms with Crippen molar-refractivity contribution in [3.8, 4) is 5.75 Å². The van der Waals surface area contributed by atoms with E-state index in [-0.39, 0.29) is 18.1 Å². The predicted molar refractivity (Wildman–Crippen MR) is 124 cm³/mol. The van der Waals surface area contributed by atoms with Gasteiger partial charge in [-0.1, -0.05) is 0 Å². The summed E-state index contributed by atoms with van der Waals surface area (Å²) in [6, 6.07) is 6.73. The van der Waals surface area contributed by atoms with E-state index in [2.05, 4.69) is 30.9 Å².